The van der Waals surface area contributed by atoms with Gasteiger partial charge in [-0.05, 0) is 126 Å². The van der Waals surface area contributed by atoms with Gasteiger partial charge in [-0.1, -0.05) is 127 Å². The van der Waals surface area contributed by atoms with Gasteiger partial charge in [0.2, 0.25) is 0 Å². The molecule has 1 spiro atoms. The average molecular weight is 747 g/mol. The van der Waals surface area contributed by atoms with Crippen molar-refractivity contribution in [1.29, 1.82) is 0 Å². The molecule has 0 saturated heterocycles. The first kappa shape index (κ1) is 33.3. The number of hydrogen-bond donors (Lipinski definition) is 0. The molecule has 1 saturated carbocycles. The molecule has 0 bridgehead atoms. The van der Waals surface area contributed by atoms with Crippen molar-refractivity contribution >= 4 is 56.1 Å². The molecule has 0 amide bonds. The van der Waals surface area contributed by atoms with Crippen LogP contribution >= 0.6 is 0 Å². The van der Waals surface area contributed by atoms with Gasteiger partial charge in [0.1, 0.15) is 11.2 Å². The maximum atomic E-state index is 6.60. The van der Waals surface area contributed by atoms with Crippen molar-refractivity contribution in [2.24, 2.45) is 11.8 Å². The van der Waals surface area contributed by atoms with Crippen LogP contribution in [0, 0.1) is 11.8 Å². The Balaban J connectivity index is 1.14. The summed E-state index contributed by atoms with van der Waals surface area (Å²) >= 11 is 0. The summed E-state index contributed by atoms with van der Waals surface area (Å²) in [6.07, 6.45) is 4.64. The van der Waals surface area contributed by atoms with Crippen molar-refractivity contribution < 1.29 is 4.42 Å². The first-order valence-corrected chi connectivity index (χ1v) is 20.8. The van der Waals surface area contributed by atoms with E-state index in [9.17, 15) is 0 Å². The van der Waals surface area contributed by atoms with Crippen LogP contribution in [0.2, 0.25) is 0 Å². The van der Waals surface area contributed by atoms with Gasteiger partial charge in [-0.2, -0.15) is 0 Å². The number of benzene rings is 8. The number of para-hydroxylation sites is 4. The highest BCUT2D eigenvalue weighted by molar-refractivity contribution is 6.06. The largest absolute Gasteiger partial charge is 0.456 e. The summed E-state index contributed by atoms with van der Waals surface area (Å²) in [5, 5.41) is 2.28. The van der Waals surface area contributed by atoms with Crippen LogP contribution in [0.5, 0.6) is 0 Å². The van der Waals surface area contributed by atoms with E-state index in [-0.39, 0.29) is 5.41 Å². The fourth-order valence-corrected chi connectivity index (χ4v) is 11.4. The highest BCUT2D eigenvalue weighted by Gasteiger charge is 2.62. The van der Waals surface area contributed by atoms with Crippen LogP contribution in [0.25, 0.3) is 33.1 Å². The Kier molecular flexibility index (Phi) is 7.53. The number of fused-ring (bicyclic) bond motifs is 5. The Bertz CT molecular complexity index is 2940. The zero-order chi connectivity index (χ0) is 38.2. The van der Waals surface area contributed by atoms with Crippen molar-refractivity contribution in [3.05, 3.63) is 216 Å². The van der Waals surface area contributed by atoms with Crippen molar-refractivity contribution in [3.63, 3.8) is 0 Å². The molecular weight excluding hydrogens is 705 g/mol. The molecule has 8 aromatic carbocycles. The van der Waals surface area contributed by atoms with Gasteiger partial charge in [0.15, 0.2) is 0 Å². The number of nitrogens with zero attached hydrogens (tertiary/aromatic N) is 2. The lowest BCUT2D eigenvalue weighted by molar-refractivity contribution is 0.350. The second-order valence-corrected chi connectivity index (χ2v) is 16.4. The van der Waals surface area contributed by atoms with Crippen molar-refractivity contribution in [2.45, 2.75) is 31.1 Å². The van der Waals surface area contributed by atoms with Gasteiger partial charge >= 0.3 is 0 Å². The van der Waals surface area contributed by atoms with Crippen LogP contribution in [0.4, 0.5) is 34.1 Å². The summed E-state index contributed by atoms with van der Waals surface area (Å²) in [6, 6.07) is 71.2. The van der Waals surface area contributed by atoms with Crippen LogP contribution < -0.4 is 9.80 Å². The highest BCUT2D eigenvalue weighted by atomic mass is 16.3. The fourth-order valence-electron chi connectivity index (χ4n) is 11.4. The summed E-state index contributed by atoms with van der Waals surface area (Å²) in [5.41, 5.74) is 17.2. The topological polar surface area (TPSA) is 19.6 Å². The minimum atomic E-state index is -0.150. The molecule has 3 aliphatic rings. The average Bonchev–Trinajstić information content (AvgIpc) is 4.02. The minimum absolute atomic E-state index is 0.150. The molecule has 3 unspecified atom stereocenters. The molecule has 0 aliphatic heterocycles. The van der Waals surface area contributed by atoms with Crippen molar-refractivity contribution in [1.82, 2.24) is 0 Å². The minimum Gasteiger partial charge on any atom is -0.456 e. The molecular formula is C55H42N2O. The summed E-state index contributed by atoms with van der Waals surface area (Å²) in [7, 11) is 0. The van der Waals surface area contributed by atoms with E-state index in [0.29, 0.717) is 11.8 Å². The monoisotopic (exact) mass is 746 g/mol. The molecule has 1 fully saturated rings. The van der Waals surface area contributed by atoms with Crippen LogP contribution in [-0.2, 0) is 18.3 Å². The van der Waals surface area contributed by atoms with Gasteiger partial charge < -0.3 is 14.2 Å². The maximum absolute atomic E-state index is 6.60. The van der Waals surface area contributed by atoms with E-state index in [1.54, 1.807) is 0 Å². The SMILES string of the molecule is c1ccc(-c2ccccc2N(c2ccc3c(c2)oc2ccccc23)c2cccc3c2C24c5c(cccc5N(c5ccccc5)c5ccccc5)CC2CCC4C3)cc1. The molecule has 0 radical (unpaired) electrons. The molecule has 3 aliphatic carbocycles. The van der Waals surface area contributed by atoms with Gasteiger partial charge in [0, 0.05) is 44.9 Å². The Labute approximate surface area is 339 Å². The van der Waals surface area contributed by atoms with E-state index in [2.05, 4.69) is 204 Å². The lowest BCUT2D eigenvalue weighted by Gasteiger charge is -2.40. The van der Waals surface area contributed by atoms with Gasteiger partial charge in [0.25, 0.3) is 0 Å². The zero-order valence-corrected chi connectivity index (χ0v) is 32.3. The third-order valence-corrected chi connectivity index (χ3v) is 13.5. The Morgan fingerprint density at radius 3 is 1.62 bits per heavy atom. The number of rotatable bonds is 7. The van der Waals surface area contributed by atoms with E-state index < -0.39 is 0 Å². The fraction of sp³-hybridized carbons (Fsp3) is 0.127. The first-order chi connectivity index (χ1) is 28.8. The standard InChI is InChI=1S/C55H42N2O/c1-4-16-37(17-5-1)45-24-10-12-26-48(45)57(44-32-33-47-46-25-11-13-29-51(46)58-52(47)36-44)50-28-15-19-39-35-41-31-30-40-34-38-18-14-27-49(53(38)55(40,41)54(39)50)56(42-20-6-2-7-21-42)43-22-8-3-9-23-43/h1-29,32-33,36,40-41H,30-31,34-35H2. The van der Waals surface area contributed by atoms with E-state index >= 15 is 0 Å². The van der Waals surface area contributed by atoms with Crippen molar-refractivity contribution in [3.8, 4) is 11.1 Å². The van der Waals surface area contributed by atoms with Crippen LogP contribution in [-0.4, -0.2) is 0 Å². The highest BCUT2D eigenvalue weighted by Crippen LogP contribution is 2.69. The summed E-state index contributed by atoms with van der Waals surface area (Å²) in [6.45, 7) is 0. The summed E-state index contributed by atoms with van der Waals surface area (Å²) in [5.74, 6) is 1.02. The van der Waals surface area contributed by atoms with Crippen molar-refractivity contribution in [2.75, 3.05) is 9.80 Å². The molecule has 1 heterocycles. The van der Waals surface area contributed by atoms with Gasteiger partial charge in [-0.3, -0.25) is 0 Å². The maximum Gasteiger partial charge on any atom is 0.137 e. The number of furan rings is 1. The molecule has 12 rings (SSSR count). The normalized spacial score (nSPS) is 18.8. The molecule has 3 heteroatoms. The third kappa shape index (κ3) is 4.86. The Hall–Kier alpha value is -6.84. The summed E-state index contributed by atoms with van der Waals surface area (Å²) in [4.78, 5) is 5.08. The van der Waals surface area contributed by atoms with E-state index in [0.717, 1.165) is 46.2 Å². The molecule has 9 aromatic rings. The second-order valence-electron chi connectivity index (χ2n) is 16.4. The van der Waals surface area contributed by atoms with Crippen LogP contribution in [0.3, 0.4) is 0 Å². The molecule has 3 atom stereocenters. The van der Waals surface area contributed by atoms with Crippen LogP contribution in [0.1, 0.15) is 35.1 Å². The molecule has 58 heavy (non-hydrogen) atoms. The van der Waals surface area contributed by atoms with E-state index in [4.69, 9.17) is 4.42 Å². The Morgan fingerprint density at radius 2 is 0.948 bits per heavy atom. The smallest absolute Gasteiger partial charge is 0.137 e. The number of hydrogen-bond acceptors (Lipinski definition) is 3. The third-order valence-electron chi connectivity index (χ3n) is 13.5. The number of anilines is 6. The lowest BCUT2D eigenvalue weighted by Crippen LogP contribution is -2.34. The quantitative estimate of drug-likeness (QED) is 0.162. The summed E-state index contributed by atoms with van der Waals surface area (Å²) < 4.78 is 6.60. The second kappa shape index (κ2) is 13.1. The zero-order valence-electron chi connectivity index (χ0n) is 32.3. The van der Waals surface area contributed by atoms with Gasteiger partial charge in [0.05, 0.1) is 17.1 Å². The van der Waals surface area contributed by atoms with Crippen LogP contribution in [0.15, 0.2) is 199 Å². The molecule has 3 nitrogen and oxygen atoms in total. The Morgan fingerprint density at radius 1 is 0.414 bits per heavy atom. The molecule has 278 valence electrons. The molecule has 1 aromatic heterocycles. The van der Waals surface area contributed by atoms with E-state index in [1.165, 1.54) is 69.0 Å². The first-order valence-electron chi connectivity index (χ1n) is 20.8. The predicted molar refractivity (Wildman–Crippen MR) is 239 cm³/mol. The van der Waals surface area contributed by atoms with Gasteiger partial charge in [-0.25, -0.2) is 0 Å². The van der Waals surface area contributed by atoms with E-state index in [1.807, 2.05) is 0 Å². The molecule has 0 N–H and O–H groups in total. The van der Waals surface area contributed by atoms with Gasteiger partial charge in [-0.15, -0.1) is 0 Å². The predicted octanol–water partition coefficient (Wildman–Crippen LogP) is 14.6. The lowest BCUT2D eigenvalue weighted by atomic mass is 9.68.